The fraction of sp³-hybridized carbons (Fsp3) is 0.375. The Bertz CT molecular complexity index is 700. The molecular weight excluding hydrogens is 339 g/mol. The van der Waals surface area contributed by atoms with Crippen molar-refractivity contribution in [3.8, 4) is 5.75 Å². The van der Waals surface area contributed by atoms with Gasteiger partial charge in [-0.25, -0.2) is 0 Å². The van der Waals surface area contributed by atoms with Gasteiger partial charge in [-0.15, -0.1) is 0 Å². The molecule has 2 rings (SSSR count). The average Bonchev–Trinajstić information content (AvgIpc) is 2.99. The van der Waals surface area contributed by atoms with Crippen LogP contribution < -0.4 is 10.1 Å². The fourth-order valence-corrected chi connectivity index (χ4v) is 1.97. The Balaban J connectivity index is 1.89. The third-order valence-electron chi connectivity index (χ3n) is 3.38. The Morgan fingerprint density at radius 2 is 2.12 bits per heavy atom. The minimum Gasteiger partial charge on any atom is -0.492 e. The van der Waals surface area contributed by atoms with Crippen LogP contribution in [0.4, 0.5) is 18.9 Å². The summed E-state index contributed by atoms with van der Waals surface area (Å²) >= 11 is 0. The molecule has 0 aliphatic heterocycles. The Hall–Kier alpha value is -2.55. The zero-order valence-electron chi connectivity index (χ0n) is 13.5. The SMILES string of the molecule is CC(O)(CC(=O)Nc1cccc(OCCn2cccn2)c1)C(F)(F)F. The summed E-state index contributed by atoms with van der Waals surface area (Å²) in [5, 5.41) is 15.7. The van der Waals surface area contributed by atoms with Gasteiger partial charge in [0.25, 0.3) is 0 Å². The smallest absolute Gasteiger partial charge is 0.417 e. The molecule has 1 unspecified atom stereocenters. The van der Waals surface area contributed by atoms with Gasteiger partial charge in [-0.2, -0.15) is 18.3 Å². The van der Waals surface area contributed by atoms with E-state index in [1.165, 1.54) is 12.1 Å². The number of rotatable bonds is 7. The quantitative estimate of drug-likeness (QED) is 0.799. The first-order valence-corrected chi connectivity index (χ1v) is 7.47. The number of hydrogen-bond acceptors (Lipinski definition) is 4. The van der Waals surface area contributed by atoms with Crippen LogP contribution in [0.2, 0.25) is 0 Å². The number of aliphatic hydroxyl groups is 1. The zero-order chi connectivity index (χ0) is 18.5. The summed E-state index contributed by atoms with van der Waals surface area (Å²) in [6, 6.07) is 8.04. The number of nitrogens with zero attached hydrogens (tertiary/aromatic N) is 2. The van der Waals surface area contributed by atoms with Gasteiger partial charge >= 0.3 is 6.18 Å². The van der Waals surface area contributed by atoms with Crippen molar-refractivity contribution in [3.05, 3.63) is 42.7 Å². The average molecular weight is 357 g/mol. The van der Waals surface area contributed by atoms with Crippen LogP contribution in [0, 0.1) is 0 Å². The van der Waals surface area contributed by atoms with Crippen molar-refractivity contribution in [2.45, 2.75) is 31.7 Å². The molecule has 6 nitrogen and oxygen atoms in total. The number of ether oxygens (including phenoxy) is 1. The summed E-state index contributed by atoms with van der Waals surface area (Å²) < 4.78 is 45.0. The van der Waals surface area contributed by atoms with Crippen molar-refractivity contribution in [1.82, 2.24) is 9.78 Å². The molecule has 2 aromatic rings. The van der Waals surface area contributed by atoms with E-state index < -0.39 is 24.1 Å². The molecule has 1 heterocycles. The molecule has 2 N–H and O–H groups in total. The molecule has 0 aliphatic rings. The maximum Gasteiger partial charge on any atom is 0.417 e. The fourth-order valence-electron chi connectivity index (χ4n) is 1.97. The summed E-state index contributed by atoms with van der Waals surface area (Å²) in [6.45, 7) is 1.42. The molecule has 25 heavy (non-hydrogen) atoms. The lowest BCUT2D eigenvalue weighted by molar-refractivity contribution is -0.252. The van der Waals surface area contributed by atoms with Gasteiger partial charge in [0.05, 0.1) is 13.0 Å². The number of halogens is 3. The van der Waals surface area contributed by atoms with Gasteiger partial charge < -0.3 is 15.2 Å². The number of amides is 1. The molecule has 0 spiro atoms. The van der Waals surface area contributed by atoms with E-state index in [0.717, 1.165) is 0 Å². The Kier molecular flexibility index (Phi) is 5.68. The standard InChI is InChI=1S/C16H18F3N3O3/c1-15(24,16(17,18)19)11-14(23)21-12-4-2-5-13(10-12)25-9-8-22-7-3-6-20-22/h2-7,10,24H,8-9,11H2,1H3,(H,21,23). The van der Waals surface area contributed by atoms with Crippen molar-refractivity contribution >= 4 is 11.6 Å². The van der Waals surface area contributed by atoms with Crippen molar-refractivity contribution in [3.63, 3.8) is 0 Å². The Morgan fingerprint density at radius 1 is 1.36 bits per heavy atom. The second kappa shape index (κ2) is 7.56. The lowest BCUT2D eigenvalue weighted by atomic mass is 10.0. The third kappa shape index (κ3) is 5.49. The predicted octanol–water partition coefficient (Wildman–Crippen LogP) is 2.60. The number of carbonyl (C=O) groups excluding carboxylic acids is 1. The third-order valence-corrected chi connectivity index (χ3v) is 3.38. The highest BCUT2D eigenvalue weighted by atomic mass is 19.4. The second-order valence-electron chi connectivity index (χ2n) is 5.64. The molecule has 1 atom stereocenters. The van der Waals surface area contributed by atoms with Crippen LogP contribution in [0.5, 0.6) is 5.75 Å². The molecule has 0 saturated heterocycles. The number of hydrogen-bond donors (Lipinski definition) is 2. The van der Waals surface area contributed by atoms with Crippen molar-refractivity contribution in [1.29, 1.82) is 0 Å². The van der Waals surface area contributed by atoms with Gasteiger partial charge in [-0.05, 0) is 25.1 Å². The second-order valence-corrected chi connectivity index (χ2v) is 5.64. The predicted molar refractivity (Wildman–Crippen MR) is 84.1 cm³/mol. The maximum absolute atomic E-state index is 12.6. The summed E-state index contributed by atoms with van der Waals surface area (Å²) in [6.07, 6.45) is -2.55. The van der Waals surface area contributed by atoms with E-state index in [2.05, 4.69) is 10.4 Å². The lowest BCUT2D eigenvalue weighted by Crippen LogP contribution is -2.44. The van der Waals surface area contributed by atoms with E-state index in [1.54, 1.807) is 35.3 Å². The van der Waals surface area contributed by atoms with E-state index in [-0.39, 0.29) is 5.69 Å². The van der Waals surface area contributed by atoms with Crippen LogP contribution in [0.1, 0.15) is 13.3 Å². The van der Waals surface area contributed by atoms with Crippen LogP contribution in [-0.2, 0) is 11.3 Å². The van der Waals surface area contributed by atoms with Gasteiger partial charge in [-0.1, -0.05) is 6.07 Å². The molecule has 0 fully saturated rings. The highest BCUT2D eigenvalue weighted by molar-refractivity contribution is 5.91. The van der Waals surface area contributed by atoms with E-state index >= 15 is 0 Å². The molecule has 0 radical (unpaired) electrons. The number of carbonyl (C=O) groups is 1. The summed E-state index contributed by atoms with van der Waals surface area (Å²) in [5.74, 6) is -0.497. The van der Waals surface area contributed by atoms with Crippen LogP contribution in [0.3, 0.4) is 0 Å². The highest BCUT2D eigenvalue weighted by Gasteiger charge is 2.50. The minimum absolute atomic E-state index is 0.277. The molecule has 0 saturated carbocycles. The summed E-state index contributed by atoms with van der Waals surface area (Å²) in [7, 11) is 0. The van der Waals surface area contributed by atoms with Crippen molar-refractivity contribution in [2.75, 3.05) is 11.9 Å². The van der Waals surface area contributed by atoms with Gasteiger partial charge in [0, 0.05) is 24.1 Å². The van der Waals surface area contributed by atoms with E-state index in [9.17, 15) is 23.1 Å². The maximum atomic E-state index is 12.6. The molecular formula is C16H18F3N3O3. The number of benzene rings is 1. The first kappa shape index (κ1) is 18.8. The number of nitrogens with one attached hydrogen (secondary N) is 1. The van der Waals surface area contributed by atoms with Crippen molar-refractivity contribution < 1.29 is 27.8 Å². The first-order chi connectivity index (χ1) is 11.7. The number of anilines is 1. The topological polar surface area (TPSA) is 76.4 Å². The molecule has 1 amide bonds. The van der Waals surface area contributed by atoms with E-state index in [1.807, 2.05) is 0 Å². The van der Waals surface area contributed by atoms with Crippen molar-refractivity contribution in [2.24, 2.45) is 0 Å². The monoisotopic (exact) mass is 357 g/mol. The van der Waals surface area contributed by atoms with Gasteiger partial charge in [0.1, 0.15) is 12.4 Å². The van der Waals surface area contributed by atoms with E-state index in [4.69, 9.17) is 4.74 Å². The van der Waals surface area contributed by atoms with Crippen LogP contribution in [-0.4, -0.2) is 39.2 Å². The molecule has 1 aromatic carbocycles. The largest absolute Gasteiger partial charge is 0.492 e. The van der Waals surface area contributed by atoms with Crippen LogP contribution in [0.25, 0.3) is 0 Å². The lowest BCUT2D eigenvalue weighted by Gasteiger charge is -2.25. The van der Waals surface area contributed by atoms with Gasteiger partial charge in [0.15, 0.2) is 5.60 Å². The molecule has 136 valence electrons. The Labute approximate surface area is 142 Å². The Morgan fingerprint density at radius 3 is 2.76 bits per heavy atom. The first-order valence-electron chi connectivity index (χ1n) is 7.47. The minimum atomic E-state index is -4.89. The highest BCUT2D eigenvalue weighted by Crippen LogP contribution is 2.32. The molecule has 9 heteroatoms. The molecule has 0 aliphatic carbocycles. The molecule has 0 bridgehead atoms. The normalized spacial score (nSPS) is 14.0. The van der Waals surface area contributed by atoms with Crippen LogP contribution in [0.15, 0.2) is 42.7 Å². The number of aromatic nitrogens is 2. The number of alkyl halides is 3. The molecule has 1 aromatic heterocycles. The summed E-state index contributed by atoms with van der Waals surface area (Å²) in [5.41, 5.74) is -2.81. The van der Waals surface area contributed by atoms with Gasteiger partial charge in [-0.3, -0.25) is 9.48 Å². The summed E-state index contributed by atoms with van der Waals surface area (Å²) in [4.78, 5) is 11.7. The van der Waals surface area contributed by atoms with E-state index in [0.29, 0.717) is 25.8 Å². The van der Waals surface area contributed by atoms with Gasteiger partial charge in [0.2, 0.25) is 5.91 Å². The van der Waals surface area contributed by atoms with Crippen LogP contribution >= 0.6 is 0 Å². The zero-order valence-corrected chi connectivity index (χ0v) is 13.5.